The van der Waals surface area contributed by atoms with Crippen LogP contribution >= 0.6 is 11.3 Å². The molecule has 0 spiro atoms. The molecule has 156 valence electrons. The van der Waals surface area contributed by atoms with Crippen LogP contribution in [-0.4, -0.2) is 53.5 Å². The van der Waals surface area contributed by atoms with Gasteiger partial charge in [-0.1, -0.05) is 30.3 Å². The van der Waals surface area contributed by atoms with Crippen molar-refractivity contribution >= 4 is 17.3 Å². The number of fused-ring (bicyclic) bond motifs is 1. The molecule has 3 heterocycles. The van der Waals surface area contributed by atoms with Crippen molar-refractivity contribution in [2.24, 2.45) is 10.9 Å². The average Bonchev–Trinajstić information content (AvgIpc) is 3.06. The zero-order chi connectivity index (χ0) is 20.2. The van der Waals surface area contributed by atoms with Crippen LogP contribution in [-0.2, 0) is 13.1 Å². The van der Waals surface area contributed by atoms with Gasteiger partial charge in [0.2, 0.25) is 0 Å². The molecule has 0 bridgehead atoms. The van der Waals surface area contributed by atoms with Crippen molar-refractivity contribution in [1.82, 2.24) is 20.1 Å². The van der Waals surface area contributed by atoms with Crippen LogP contribution in [0.4, 0.5) is 0 Å². The van der Waals surface area contributed by atoms with Gasteiger partial charge in [0.15, 0.2) is 5.96 Å². The van der Waals surface area contributed by atoms with Crippen LogP contribution in [0.2, 0.25) is 0 Å². The fraction of sp³-hybridized carbons (Fsp3) is 0.565. The van der Waals surface area contributed by atoms with Crippen molar-refractivity contribution in [2.75, 3.05) is 26.7 Å². The lowest BCUT2D eigenvalue weighted by Gasteiger charge is -2.48. The molecule has 0 aliphatic carbocycles. The SMILES string of the molecule is CN=C(NCc1nc(C)c(C)s1)N1CCC2C(CCCN2Cc2ccccc2)C1. The molecule has 2 aromatic rings. The number of aliphatic imine (C=N–C) groups is 1. The Labute approximate surface area is 178 Å². The minimum atomic E-state index is 0.697. The van der Waals surface area contributed by atoms with E-state index in [0.717, 1.165) is 48.8 Å². The molecule has 2 unspecified atom stereocenters. The third-order valence-electron chi connectivity index (χ3n) is 6.39. The Kier molecular flexibility index (Phi) is 6.50. The lowest BCUT2D eigenvalue weighted by Crippen LogP contribution is -2.56. The fourth-order valence-electron chi connectivity index (χ4n) is 4.81. The van der Waals surface area contributed by atoms with E-state index < -0.39 is 0 Å². The molecule has 1 aromatic heterocycles. The first kappa shape index (κ1) is 20.4. The molecule has 1 aromatic carbocycles. The van der Waals surface area contributed by atoms with Gasteiger partial charge in [-0.25, -0.2) is 4.98 Å². The normalized spacial score (nSPS) is 23.1. The number of hydrogen-bond acceptors (Lipinski definition) is 4. The van der Waals surface area contributed by atoms with Crippen LogP contribution in [0.15, 0.2) is 35.3 Å². The molecule has 0 radical (unpaired) electrons. The van der Waals surface area contributed by atoms with Crippen molar-refractivity contribution in [2.45, 2.75) is 52.2 Å². The van der Waals surface area contributed by atoms with Gasteiger partial charge in [0.25, 0.3) is 0 Å². The second-order valence-corrected chi connectivity index (χ2v) is 9.60. The molecule has 6 heteroatoms. The van der Waals surface area contributed by atoms with Crippen LogP contribution < -0.4 is 5.32 Å². The summed E-state index contributed by atoms with van der Waals surface area (Å²) < 4.78 is 0. The maximum Gasteiger partial charge on any atom is 0.194 e. The molecule has 2 saturated heterocycles. The Morgan fingerprint density at radius 1 is 1.21 bits per heavy atom. The minimum absolute atomic E-state index is 0.697. The number of guanidine groups is 1. The summed E-state index contributed by atoms with van der Waals surface area (Å²) in [7, 11) is 1.90. The lowest BCUT2D eigenvalue weighted by molar-refractivity contribution is 0.0372. The van der Waals surface area contributed by atoms with Crippen molar-refractivity contribution in [1.29, 1.82) is 0 Å². The maximum atomic E-state index is 4.65. The zero-order valence-corrected chi connectivity index (χ0v) is 18.7. The molecular formula is C23H33N5S. The van der Waals surface area contributed by atoms with Crippen molar-refractivity contribution in [3.63, 3.8) is 0 Å². The van der Waals surface area contributed by atoms with Gasteiger partial charge in [-0.3, -0.25) is 9.89 Å². The Balaban J connectivity index is 1.35. The third kappa shape index (κ3) is 4.81. The lowest BCUT2D eigenvalue weighted by atomic mass is 9.83. The van der Waals surface area contributed by atoms with Gasteiger partial charge in [-0.2, -0.15) is 0 Å². The summed E-state index contributed by atoms with van der Waals surface area (Å²) in [5.74, 6) is 1.75. The molecule has 2 aliphatic heterocycles. The number of hydrogen-bond donors (Lipinski definition) is 1. The molecule has 0 saturated carbocycles. The molecular weight excluding hydrogens is 378 g/mol. The smallest absolute Gasteiger partial charge is 0.194 e. The number of piperidine rings is 2. The Morgan fingerprint density at radius 2 is 2.03 bits per heavy atom. The summed E-state index contributed by atoms with van der Waals surface area (Å²) in [5, 5.41) is 4.69. The van der Waals surface area contributed by atoms with E-state index in [9.17, 15) is 0 Å². The van der Waals surface area contributed by atoms with Crippen molar-refractivity contribution in [3.05, 3.63) is 51.5 Å². The highest BCUT2D eigenvalue weighted by Crippen LogP contribution is 2.31. The minimum Gasteiger partial charge on any atom is -0.350 e. The summed E-state index contributed by atoms with van der Waals surface area (Å²) in [6.45, 7) is 9.47. The predicted molar refractivity (Wildman–Crippen MR) is 121 cm³/mol. The predicted octanol–water partition coefficient (Wildman–Crippen LogP) is 3.82. The van der Waals surface area contributed by atoms with E-state index in [0.29, 0.717) is 6.04 Å². The summed E-state index contributed by atoms with van der Waals surface area (Å²) in [5.41, 5.74) is 2.57. The monoisotopic (exact) mass is 411 g/mol. The highest BCUT2D eigenvalue weighted by atomic mass is 32.1. The highest BCUT2D eigenvalue weighted by Gasteiger charge is 2.36. The summed E-state index contributed by atoms with van der Waals surface area (Å²) in [6, 6.07) is 11.6. The molecule has 2 atom stereocenters. The third-order valence-corrected chi connectivity index (χ3v) is 7.47. The van der Waals surface area contributed by atoms with Gasteiger partial charge in [0.1, 0.15) is 5.01 Å². The van der Waals surface area contributed by atoms with Gasteiger partial charge in [0, 0.05) is 37.6 Å². The number of aromatic nitrogens is 1. The van der Waals surface area contributed by atoms with Crippen molar-refractivity contribution < 1.29 is 0 Å². The van der Waals surface area contributed by atoms with Crippen LogP contribution in [0.25, 0.3) is 0 Å². The van der Waals surface area contributed by atoms with E-state index in [1.54, 1.807) is 11.3 Å². The first-order chi connectivity index (χ1) is 14.1. The first-order valence-corrected chi connectivity index (χ1v) is 11.6. The average molecular weight is 412 g/mol. The van der Waals surface area contributed by atoms with Gasteiger partial charge < -0.3 is 10.2 Å². The summed E-state index contributed by atoms with van der Waals surface area (Å²) >= 11 is 1.78. The quantitative estimate of drug-likeness (QED) is 0.614. The molecule has 29 heavy (non-hydrogen) atoms. The summed E-state index contributed by atoms with van der Waals surface area (Å²) in [4.78, 5) is 15.7. The Morgan fingerprint density at radius 3 is 2.76 bits per heavy atom. The number of likely N-dealkylation sites (tertiary alicyclic amines) is 2. The fourth-order valence-corrected chi connectivity index (χ4v) is 5.69. The standard InChI is InChI=1S/C23H33N5S/c1-17-18(2)29-22(26-17)14-25-23(24-3)28-13-11-21-20(16-28)10-7-12-27(21)15-19-8-5-4-6-9-19/h4-6,8-9,20-21H,7,10-16H2,1-3H3,(H,24,25). The van der Waals surface area contributed by atoms with E-state index in [2.05, 4.69) is 69.3 Å². The second kappa shape index (κ2) is 9.26. The topological polar surface area (TPSA) is 43.8 Å². The number of rotatable bonds is 4. The second-order valence-electron chi connectivity index (χ2n) is 8.31. The molecule has 0 amide bonds. The van der Waals surface area contributed by atoms with E-state index in [-0.39, 0.29) is 0 Å². The highest BCUT2D eigenvalue weighted by molar-refractivity contribution is 7.11. The number of nitrogens with one attached hydrogen (secondary N) is 1. The Hall–Kier alpha value is -1.92. The summed E-state index contributed by atoms with van der Waals surface area (Å²) in [6.07, 6.45) is 3.84. The largest absolute Gasteiger partial charge is 0.350 e. The molecule has 2 aliphatic rings. The number of nitrogens with zero attached hydrogens (tertiary/aromatic N) is 4. The molecule has 2 fully saturated rings. The van der Waals surface area contributed by atoms with E-state index in [1.807, 2.05) is 7.05 Å². The van der Waals surface area contributed by atoms with E-state index in [1.165, 1.54) is 36.2 Å². The van der Waals surface area contributed by atoms with Crippen LogP contribution in [0, 0.1) is 19.8 Å². The first-order valence-electron chi connectivity index (χ1n) is 10.8. The maximum absolute atomic E-state index is 4.65. The zero-order valence-electron chi connectivity index (χ0n) is 17.9. The molecule has 1 N–H and O–H groups in total. The van der Waals surface area contributed by atoms with E-state index in [4.69, 9.17) is 0 Å². The van der Waals surface area contributed by atoms with Crippen LogP contribution in [0.5, 0.6) is 0 Å². The number of aryl methyl sites for hydroxylation is 2. The van der Waals surface area contributed by atoms with E-state index >= 15 is 0 Å². The van der Waals surface area contributed by atoms with Crippen LogP contribution in [0.1, 0.15) is 40.4 Å². The number of benzene rings is 1. The van der Waals surface area contributed by atoms with Crippen LogP contribution in [0.3, 0.4) is 0 Å². The molecule has 5 nitrogen and oxygen atoms in total. The van der Waals surface area contributed by atoms with Gasteiger partial charge in [0.05, 0.1) is 12.2 Å². The Bertz CT molecular complexity index is 812. The van der Waals surface area contributed by atoms with Gasteiger partial charge >= 0.3 is 0 Å². The van der Waals surface area contributed by atoms with Crippen molar-refractivity contribution in [3.8, 4) is 0 Å². The van der Waals surface area contributed by atoms with Gasteiger partial charge in [-0.05, 0) is 51.1 Å². The molecule has 4 rings (SSSR count). The number of thiazole rings is 1. The van der Waals surface area contributed by atoms with Gasteiger partial charge in [-0.15, -0.1) is 11.3 Å².